The van der Waals surface area contributed by atoms with Crippen LogP contribution in [-0.2, 0) is 10.0 Å². The van der Waals surface area contributed by atoms with E-state index in [1.807, 2.05) is 54.6 Å². The summed E-state index contributed by atoms with van der Waals surface area (Å²) in [6.45, 7) is 0.128. The van der Waals surface area contributed by atoms with Crippen molar-refractivity contribution in [1.82, 2.24) is 9.29 Å². The van der Waals surface area contributed by atoms with Crippen LogP contribution in [0.3, 0.4) is 0 Å². The third-order valence-corrected chi connectivity index (χ3v) is 7.71. The molecule has 1 aromatic heterocycles. The van der Waals surface area contributed by atoms with Gasteiger partial charge in [-0.2, -0.15) is 0 Å². The van der Waals surface area contributed by atoms with Gasteiger partial charge in [0.15, 0.2) is 5.58 Å². The molecule has 1 atom stereocenters. The molecule has 1 heterocycles. The van der Waals surface area contributed by atoms with Crippen LogP contribution in [-0.4, -0.2) is 55.4 Å². The van der Waals surface area contributed by atoms with Crippen molar-refractivity contribution >= 4 is 32.9 Å². The number of aliphatic hydroxyl groups excluding tert-OH is 1. The number of hydrogen-bond donors (Lipinski definition) is 1. The predicted octanol–water partition coefficient (Wildman–Crippen LogP) is 4.28. The van der Waals surface area contributed by atoms with E-state index in [-0.39, 0.29) is 11.5 Å². The minimum atomic E-state index is -3.55. The van der Waals surface area contributed by atoms with E-state index in [1.54, 1.807) is 6.07 Å². The average Bonchev–Trinajstić information content (AvgIpc) is 3.24. The summed E-state index contributed by atoms with van der Waals surface area (Å²) in [6, 6.07) is 22.3. The molecular weight excluding hydrogens is 460 g/mol. The third-order valence-electron chi connectivity index (χ3n) is 4.92. The zero-order valence-corrected chi connectivity index (χ0v) is 19.8. The number of fused-ring (bicyclic) bond motifs is 1. The number of rotatable bonds is 9. The molecule has 7 nitrogen and oxygen atoms in total. The maximum absolute atomic E-state index is 12.3. The molecule has 0 saturated carbocycles. The Bertz CT molecular complexity index is 1320. The van der Waals surface area contributed by atoms with Crippen molar-refractivity contribution in [3.8, 4) is 16.9 Å². The number of nitrogens with zero attached hydrogens (tertiary/aromatic N) is 2. The number of aliphatic hydroxyl groups is 1. The van der Waals surface area contributed by atoms with Crippen LogP contribution >= 0.6 is 11.8 Å². The molecule has 1 N–H and O–H groups in total. The van der Waals surface area contributed by atoms with Crippen LogP contribution in [0.15, 0.2) is 87.3 Å². The third kappa shape index (κ3) is 5.56. The monoisotopic (exact) mass is 484 g/mol. The highest BCUT2D eigenvalue weighted by atomic mass is 32.2. The summed E-state index contributed by atoms with van der Waals surface area (Å²) in [4.78, 5) is 4.49. The van der Waals surface area contributed by atoms with Gasteiger partial charge in [-0.05, 0) is 41.5 Å². The van der Waals surface area contributed by atoms with Crippen LogP contribution in [0.5, 0.6) is 5.75 Å². The summed E-state index contributed by atoms with van der Waals surface area (Å²) in [5, 5.41) is 10.6. The van der Waals surface area contributed by atoms with Crippen molar-refractivity contribution < 1.29 is 22.7 Å². The zero-order valence-electron chi connectivity index (χ0n) is 18.2. The summed E-state index contributed by atoms with van der Waals surface area (Å²) in [6.07, 6.45) is -0.733. The van der Waals surface area contributed by atoms with Gasteiger partial charge in [0.25, 0.3) is 5.22 Å². The first kappa shape index (κ1) is 23.3. The fourth-order valence-electron chi connectivity index (χ4n) is 3.10. The van der Waals surface area contributed by atoms with Crippen LogP contribution in [0, 0.1) is 0 Å². The summed E-state index contributed by atoms with van der Waals surface area (Å²) in [5.74, 6) is 0.993. The molecule has 4 aromatic rings. The Kier molecular flexibility index (Phi) is 7.04. The van der Waals surface area contributed by atoms with Gasteiger partial charge in [0.05, 0.1) is 11.0 Å². The molecule has 0 aliphatic heterocycles. The van der Waals surface area contributed by atoms with E-state index in [0.717, 1.165) is 15.4 Å². The number of hydrogen-bond acceptors (Lipinski definition) is 7. The van der Waals surface area contributed by atoms with Gasteiger partial charge in [-0.15, -0.1) is 0 Å². The molecule has 1 unspecified atom stereocenters. The van der Waals surface area contributed by atoms with Crippen LogP contribution in [0.4, 0.5) is 0 Å². The minimum absolute atomic E-state index is 0.128. The second-order valence-corrected chi connectivity index (χ2v) is 10.7. The standard InChI is InChI=1S/C24H24N2O5S2/c1-26(2)33(28,29)21-12-13-23-22(14-21)25-24(31-23)32-16-19(27)15-30-20-10-8-18(9-11-20)17-6-4-3-5-7-17/h3-14,19,27H,15-16H2,1-2H3. The van der Waals surface area contributed by atoms with E-state index < -0.39 is 16.1 Å². The van der Waals surface area contributed by atoms with Crippen LogP contribution in [0.25, 0.3) is 22.2 Å². The van der Waals surface area contributed by atoms with Crippen molar-refractivity contribution in [2.75, 3.05) is 26.5 Å². The SMILES string of the molecule is CN(C)S(=O)(=O)c1ccc2oc(SCC(O)COc3ccc(-c4ccccc4)cc3)nc2c1. The lowest BCUT2D eigenvalue weighted by molar-refractivity contribution is 0.126. The van der Waals surface area contributed by atoms with Gasteiger partial charge in [-0.1, -0.05) is 54.2 Å². The number of sulfonamides is 1. The van der Waals surface area contributed by atoms with Gasteiger partial charge in [0.1, 0.15) is 17.9 Å². The van der Waals surface area contributed by atoms with Gasteiger partial charge in [0.2, 0.25) is 10.0 Å². The molecule has 0 saturated heterocycles. The molecule has 3 aromatic carbocycles. The molecular formula is C24H24N2O5S2. The smallest absolute Gasteiger partial charge is 0.256 e. The number of oxazole rings is 1. The number of ether oxygens (including phenoxy) is 1. The maximum atomic E-state index is 12.3. The largest absolute Gasteiger partial charge is 0.491 e. The van der Waals surface area contributed by atoms with E-state index in [2.05, 4.69) is 4.98 Å². The van der Waals surface area contributed by atoms with Crippen LogP contribution < -0.4 is 4.74 Å². The van der Waals surface area contributed by atoms with Crippen molar-refractivity contribution in [3.05, 3.63) is 72.8 Å². The summed E-state index contributed by atoms with van der Waals surface area (Å²) in [7, 11) is -0.595. The highest BCUT2D eigenvalue weighted by molar-refractivity contribution is 7.99. The maximum Gasteiger partial charge on any atom is 0.256 e. The van der Waals surface area contributed by atoms with Crippen molar-refractivity contribution in [2.24, 2.45) is 0 Å². The number of aromatic nitrogens is 1. The second kappa shape index (κ2) is 9.96. The fraction of sp³-hybridized carbons (Fsp3) is 0.208. The first-order chi connectivity index (χ1) is 15.8. The lowest BCUT2D eigenvalue weighted by Crippen LogP contribution is -2.22. The zero-order chi connectivity index (χ0) is 23.4. The first-order valence-electron chi connectivity index (χ1n) is 10.3. The molecule has 172 valence electrons. The van der Waals surface area contributed by atoms with Crippen LogP contribution in [0.2, 0.25) is 0 Å². The Labute approximate surface area is 197 Å². The molecule has 0 spiro atoms. The number of thioether (sulfide) groups is 1. The molecule has 0 aliphatic rings. The molecule has 0 fully saturated rings. The Morgan fingerprint density at radius 1 is 1.03 bits per heavy atom. The second-order valence-electron chi connectivity index (χ2n) is 7.56. The fourth-order valence-corrected chi connectivity index (χ4v) is 4.77. The molecule has 4 rings (SSSR count). The lowest BCUT2D eigenvalue weighted by atomic mass is 10.1. The topological polar surface area (TPSA) is 92.9 Å². The first-order valence-corrected chi connectivity index (χ1v) is 12.7. The highest BCUT2D eigenvalue weighted by Gasteiger charge is 2.19. The Morgan fingerprint density at radius 2 is 1.73 bits per heavy atom. The van der Waals surface area contributed by atoms with Gasteiger partial charge < -0.3 is 14.3 Å². The van der Waals surface area contributed by atoms with Gasteiger partial charge in [0, 0.05) is 19.8 Å². The van der Waals surface area contributed by atoms with E-state index in [1.165, 1.54) is 38.0 Å². The molecule has 0 radical (unpaired) electrons. The Balaban J connectivity index is 1.32. The molecule has 0 bridgehead atoms. The van der Waals surface area contributed by atoms with Gasteiger partial charge in [-0.25, -0.2) is 17.7 Å². The van der Waals surface area contributed by atoms with E-state index in [4.69, 9.17) is 9.15 Å². The summed E-state index contributed by atoms with van der Waals surface area (Å²) < 4.78 is 37.1. The quantitative estimate of drug-likeness (QED) is 0.355. The summed E-state index contributed by atoms with van der Waals surface area (Å²) >= 11 is 1.24. The van der Waals surface area contributed by atoms with Crippen molar-refractivity contribution in [2.45, 2.75) is 16.2 Å². The van der Waals surface area contributed by atoms with Crippen molar-refractivity contribution in [3.63, 3.8) is 0 Å². The predicted molar refractivity (Wildman–Crippen MR) is 129 cm³/mol. The van der Waals surface area contributed by atoms with Crippen molar-refractivity contribution in [1.29, 1.82) is 0 Å². The molecule has 0 amide bonds. The molecule has 0 aliphatic carbocycles. The van der Waals surface area contributed by atoms with Gasteiger partial charge >= 0.3 is 0 Å². The average molecular weight is 485 g/mol. The van der Waals surface area contributed by atoms with E-state index in [9.17, 15) is 13.5 Å². The Morgan fingerprint density at radius 3 is 2.42 bits per heavy atom. The Hall–Kier alpha value is -2.85. The minimum Gasteiger partial charge on any atom is -0.491 e. The van der Waals surface area contributed by atoms with E-state index >= 15 is 0 Å². The van der Waals surface area contributed by atoms with E-state index in [0.29, 0.717) is 27.8 Å². The lowest BCUT2D eigenvalue weighted by Gasteiger charge is -2.11. The number of benzene rings is 3. The van der Waals surface area contributed by atoms with Gasteiger partial charge in [-0.3, -0.25) is 0 Å². The van der Waals surface area contributed by atoms with Crippen LogP contribution in [0.1, 0.15) is 0 Å². The molecule has 33 heavy (non-hydrogen) atoms. The summed E-state index contributed by atoms with van der Waals surface area (Å²) in [5.41, 5.74) is 3.16. The normalized spacial score (nSPS) is 12.8. The highest BCUT2D eigenvalue weighted by Crippen LogP contribution is 2.27. The molecule has 9 heteroatoms.